The van der Waals surface area contributed by atoms with Gasteiger partial charge in [-0.15, -0.1) is 0 Å². The third kappa shape index (κ3) is 9.91. The molecule has 0 bridgehead atoms. The van der Waals surface area contributed by atoms with Crippen molar-refractivity contribution in [2.45, 2.75) is 92.7 Å². The van der Waals surface area contributed by atoms with Gasteiger partial charge in [0.05, 0.1) is 0 Å². The van der Waals surface area contributed by atoms with Gasteiger partial charge in [-0.25, -0.2) is 0 Å². The third-order valence-electron chi connectivity index (χ3n) is 3.88. The molecule has 0 aromatic rings. The van der Waals surface area contributed by atoms with Crippen LogP contribution in [0.1, 0.15) is 83.1 Å². The average molecular weight is 526 g/mol. The number of rotatable bonds is 4. The van der Waals surface area contributed by atoms with Crippen molar-refractivity contribution >= 4 is 55.0 Å². The Bertz CT molecular complexity index is 488. The molecule has 0 N–H and O–H groups in total. The minimum atomic E-state index is -0.678. The molecule has 0 saturated heterocycles. The molecule has 0 heterocycles. The number of hydrogen-bond acceptors (Lipinski definition) is 4. The summed E-state index contributed by atoms with van der Waals surface area (Å²) in [5.74, 6) is -0.232. The first-order valence-corrected chi connectivity index (χ1v) is 11.2. The molecule has 0 atom stereocenters. The zero-order valence-electron chi connectivity index (χ0n) is 19.5. The van der Waals surface area contributed by atoms with E-state index in [9.17, 15) is 19.2 Å². The maximum absolute atomic E-state index is 11.8. The third-order valence-corrected chi connectivity index (χ3v) is 5.54. The number of halogens is 2. The normalized spacial score (nSPS) is 13.1. The number of carbonyl (C=O) groups excluding carboxylic acids is 4. The molecule has 0 aliphatic heterocycles. The molecule has 4 nitrogen and oxygen atoms in total. The fraction of sp³-hybridized carbons (Fsp3) is 0.818. The maximum atomic E-state index is 11.8. The molecule has 0 unspecified atom stereocenters. The van der Waals surface area contributed by atoms with Crippen molar-refractivity contribution in [3.63, 3.8) is 0 Å². The van der Waals surface area contributed by atoms with Gasteiger partial charge in [0.25, 0.3) is 0 Å². The number of carbonyl (C=O) groups is 4. The van der Waals surface area contributed by atoms with Gasteiger partial charge in [-0.1, -0.05) is 115 Å². The average Bonchev–Trinajstić information content (AvgIpc) is 2.47. The highest BCUT2D eigenvalue weighted by Crippen LogP contribution is 2.28. The zero-order valence-corrected chi connectivity index (χ0v) is 22.7. The van der Waals surface area contributed by atoms with Crippen LogP contribution >= 0.6 is 31.9 Å². The highest BCUT2D eigenvalue weighted by atomic mass is 79.9. The smallest absolute Gasteiger partial charge is 0.159 e. The van der Waals surface area contributed by atoms with E-state index < -0.39 is 31.3 Å². The molecule has 0 amide bonds. The van der Waals surface area contributed by atoms with Crippen LogP contribution in [0.5, 0.6) is 0 Å². The van der Waals surface area contributed by atoms with Gasteiger partial charge in [0.1, 0.15) is 9.65 Å². The van der Waals surface area contributed by atoms with Crippen molar-refractivity contribution in [2.75, 3.05) is 0 Å². The van der Waals surface area contributed by atoms with Crippen LogP contribution in [-0.2, 0) is 19.2 Å². The first-order chi connectivity index (χ1) is 12.0. The summed E-state index contributed by atoms with van der Waals surface area (Å²) in [5, 5.41) is 0. The molecule has 0 aliphatic carbocycles. The lowest BCUT2D eigenvalue weighted by atomic mass is 9.81. The van der Waals surface area contributed by atoms with Gasteiger partial charge >= 0.3 is 0 Å². The van der Waals surface area contributed by atoms with Crippen molar-refractivity contribution in [1.82, 2.24) is 0 Å². The molecular weight excluding hydrogens is 488 g/mol. The fourth-order valence-corrected chi connectivity index (χ4v) is 4.51. The second-order valence-corrected chi connectivity index (χ2v) is 13.0. The minimum Gasteiger partial charge on any atom is -0.297 e. The van der Waals surface area contributed by atoms with Crippen LogP contribution in [-0.4, -0.2) is 32.8 Å². The Balaban J connectivity index is 0. The van der Waals surface area contributed by atoms with E-state index in [1.54, 1.807) is 0 Å². The molecule has 0 radical (unpaired) electrons. The highest BCUT2D eigenvalue weighted by Gasteiger charge is 2.38. The van der Waals surface area contributed by atoms with Crippen molar-refractivity contribution in [1.29, 1.82) is 0 Å². The van der Waals surface area contributed by atoms with Crippen LogP contribution in [0, 0.1) is 21.7 Å². The van der Waals surface area contributed by atoms with E-state index in [2.05, 4.69) is 31.9 Å². The van der Waals surface area contributed by atoms with E-state index in [0.29, 0.717) is 0 Å². The van der Waals surface area contributed by atoms with Gasteiger partial charge < -0.3 is 0 Å². The number of Topliss-reactive ketones (excluding diaryl/α,β-unsaturated/α-hetero) is 4. The first kappa shape index (κ1) is 29.8. The van der Waals surface area contributed by atoms with Crippen molar-refractivity contribution in [3.05, 3.63) is 0 Å². The van der Waals surface area contributed by atoms with Crippen molar-refractivity contribution in [2.24, 2.45) is 21.7 Å². The first-order valence-electron chi connectivity index (χ1n) is 9.41. The molecule has 28 heavy (non-hydrogen) atoms. The SMILES string of the molecule is CC(C)(C)C(=O)C(Br)C(=O)C(C)(C)C.CC(C)(C)C(=O)C(Br)C(=O)C(C)(C)C. The minimum absolute atomic E-state index is 0.0579. The molecule has 0 saturated carbocycles. The number of alkyl halides is 2. The predicted molar refractivity (Wildman–Crippen MR) is 123 cm³/mol. The lowest BCUT2D eigenvalue weighted by Gasteiger charge is -2.25. The molecule has 0 aromatic carbocycles. The Morgan fingerprint density at radius 2 is 0.536 bits per heavy atom. The predicted octanol–water partition coefficient (Wildman–Crippen LogP) is 5.96. The Labute approximate surface area is 188 Å². The summed E-state index contributed by atoms with van der Waals surface area (Å²) < 4.78 is 0. The summed E-state index contributed by atoms with van der Waals surface area (Å²) in [7, 11) is 0. The fourth-order valence-electron chi connectivity index (χ4n) is 1.76. The molecular formula is C22H38Br2O4. The Hall–Kier alpha value is -0.360. The van der Waals surface area contributed by atoms with Gasteiger partial charge in [0.2, 0.25) is 0 Å². The molecule has 0 aromatic heterocycles. The summed E-state index contributed by atoms with van der Waals surface area (Å²) >= 11 is 6.36. The van der Waals surface area contributed by atoms with Gasteiger partial charge in [0, 0.05) is 21.7 Å². The van der Waals surface area contributed by atoms with E-state index in [-0.39, 0.29) is 23.1 Å². The Kier molecular flexibility index (Phi) is 10.8. The van der Waals surface area contributed by atoms with Crippen LogP contribution in [0.15, 0.2) is 0 Å². The highest BCUT2D eigenvalue weighted by molar-refractivity contribution is 9.10. The lowest BCUT2D eigenvalue weighted by molar-refractivity contribution is -0.135. The summed E-state index contributed by atoms with van der Waals surface area (Å²) in [4.78, 5) is 45.8. The Morgan fingerprint density at radius 1 is 0.429 bits per heavy atom. The molecule has 0 aliphatic rings. The largest absolute Gasteiger partial charge is 0.297 e. The van der Waals surface area contributed by atoms with E-state index in [1.807, 2.05) is 83.1 Å². The molecule has 6 heteroatoms. The standard InChI is InChI=1S/2C11H19BrO2/c2*1-10(2,3)8(13)7(12)9(14)11(4,5)6/h2*7H,1-6H3. The number of ketones is 4. The van der Waals surface area contributed by atoms with Crippen LogP contribution in [0.2, 0.25) is 0 Å². The maximum Gasteiger partial charge on any atom is 0.159 e. The van der Waals surface area contributed by atoms with Crippen LogP contribution in [0.25, 0.3) is 0 Å². The summed E-state index contributed by atoms with van der Waals surface area (Å²) in [6, 6.07) is 0. The van der Waals surface area contributed by atoms with E-state index in [4.69, 9.17) is 0 Å². The van der Waals surface area contributed by atoms with Gasteiger partial charge in [-0.05, 0) is 0 Å². The topological polar surface area (TPSA) is 68.3 Å². The van der Waals surface area contributed by atoms with Crippen LogP contribution < -0.4 is 0 Å². The van der Waals surface area contributed by atoms with Crippen LogP contribution in [0.3, 0.4) is 0 Å². The van der Waals surface area contributed by atoms with Crippen molar-refractivity contribution in [3.8, 4) is 0 Å². The zero-order chi connectivity index (χ0) is 23.5. The monoisotopic (exact) mass is 524 g/mol. The van der Waals surface area contributed by atoms with Crippen LogP contribution in [0.4, 0.5) is 0 Å². The lowest BCUT2D eigenvalue weighted by Crippen LogP contribution is -2.39. The second-order valence-electron chi connectivity index (χ2n) is 11.2. The van der Waals surface area contributed by atoms with Gasteiger partial charge in [-0.3, -0.25) is 19.2 Å². The van der Waals surface area contributed by atoms with E-state index >= 15 is 0 Å². The molecule has 0 rings (SSSR count). The quantitative estimate of drug-likeness (QED) is 0.335. The number of hydrogen-bond donors (Lipinski definition) is 0. The van der Waals surface area contributed by atoms with Crippen molar-refractivity contribution < 1.29 is 19.2 Å². The van der Waals surface area contributed by atoms with E-state index in [1.165, 1.54) is 0 Å². The second kappa shape index (κ2) is 10.1. The molecule has 0 fully saturated rings. The van der Waals surface area contributed by atoms with E-state index in [0.717, 1.165) is 0 Å². The molecule has 0 spiro atoms. The summed E-state index contributed by atoms with van der Waals surface area (Å²) in [6.07, 6.45) is 0. The van der Waals surface area contributed by atoms with Gasteiger partial charge in [-0.2, -0.15) is 0 Å². The molecule has 164 valence electrons. The summed E-state index contributed by atoms with van der Waals surface area (Å²) in [6.45, 7) is 21.8. The van der Waals surface area contributed by atoms with Gasteiger partial charge in [0.15, 0.2) is 23.1 Å². The summed E-state index contributed by atoms with van der Waals surface area (Å²) in [5.41, 5.74) is -1.91. The Morgan fingerprint density at radius 3 is 0.607 bits per heavy atom.